The van der Waals surface area contributed by atoms with E-state index in [1.165, 1.54) is 11.8 Å². The van der Waals surface area contributed by atoms with Crippen LogP contribution < -0.4 is 5.32 Å². The highest BCUT2D eigenvalue weighted by atomic mass is 32.2. The molecule has 0 unspecified atom stereocenters. The Labute approximate surface area is 142 Å². The largest absolute Gasteiger partial charge is 0.411 e. The van der Waals surface area contributed by atoms with E-state index in [0.29, 0.717) is 17.7 Å². The van der Waals surface area contributed by atoms with Crippen molar-refractivity contribution >= 4 is 29.0 Å². The summed E-state index contributed by atoms with van der Waals surface area (Å²) in [5, 5.41) is 13.3. The molecule has 0 aliphatic rings. The van der Waals surface area contributed by atoms with Gasteiger partial charge in [-0.1, -0.05) is 36.0 Å². The Hall–Kier alpha value is -2.12. The van der Waals surface area contributed by atoms with Crippen molar-refractivity contribution in [2.75, 3.05) is 5.75 Å². The normalized spacial score (nSPS) is 10.7. The number of hydrogen-bond donors (Lipinski definition) is 1. The lowest BCUT2D eigenvalue weighted by Crippen LogP contribution is -2.24. The topological polar surface area (TPSA) is 68.0 Å². The first-order chi connectivity index (χ1) is 11.2. The molecule has 7 heteroatoms. The molecule has 0 radical (unpaired) electrons. The summed E-state index contributed by atoms with van der Waals surface area (Å²) in [5.41, 5.74) is 1.98. The van der Waals surface area contributed by atoms with Gasteiger partial charge in [0.05, 0.1) is 12.3 Å². The van der Waals surface area contributed by atoms with Gasteiger partial charge in [0.2, 0.25) is 11.8 Å². The minimum Gasteiger partial charge on any atom is -0.411 e. The third kappa shape index (κ3) is 4.20. The second-order valence-corrected chi connectivity index (χ2v) is 6.79. The van der Waals surface area contributed by atoms with Gasteiger partial charge in [0.25, 0.3) is 5.22 Å². The van der Waals surface area contributed by atoms with E-state index in [0.717, 1.165) is 16.0 Å². The van der Waals surface area contributed by atoms with Crippen LogP contribution in [0.15, 0.2) is 51.4 Å². The Morgan fingerprint density at radius 2 is 2.13 bits per heavy atom. The molecule has 0 saturated heterocycles. The van der Waals surface area contributed by atoms with E-state index in [-0.39, 0.29) is 11.7 Å². The summed E-state index contributed by atoms with van der Waals surface area (Å²) in [4.78, 5) is 13.0. The molecule has 0 spiro atoms. The Balaban J connectivity index is 1.53. The number of nitrogens with zero attached hydrogens (tertiary/aromatic N) is 2. The van der Waals surface area contributed by atoms with Crippen molar-refractivity contribution in [3.8, 4) is 11.5 Å². The first-order valence-electron chi connectivity index (χ1n) is 7.04. The minimum atomic E-state index is -0.0564. The van der Waals surface area contributed by atoms with Gasteiger partial charge in [-0.25, -0.2) is 0 Å². The molecule has 2 aromatic heterocycles. The van der Waals surface area contributed by atoms with E-state index >= 15 is 0 Å². The highest BCUT2D eigenvalue weighted by Gasteiger charge is 2.12. The van der Waals surface area contributed by atoms with Gasteiger partial charge >= 0.3 is 0 Å². The van der Waals surface area contributed by atoms with E-state index in [4.69, 9.17) is 4.42 Å². The second kappa shape index (κ2) is 7.43. The van der Waals surface area contributed by atoms with Gasteiger partial charge in [-0.3, -0.25) is 4.79 Å². The van der Waals surface area contributed by atoms with Crippen molar-refractivity contribution < 1.29 is 9.21 Å². The average molecular weight is 345 g/mol. The van der Waals surface area contributed by atoms with E-state index in [2.05, 4.69) is 15.5 Å². The molecule has 5 nitrogen and oxygen atoms in total. The van der Waals surface area contributed by atoms with E-state index in [1.807, 2.05) is 48.7 Å². The maximum absolute atomic E-state index is 11.8. The van der Waals surface area contributed by atoms with Gasteiger partial charge in [-0.2, -0.15) is 0 Å². The van der Waals surface area contributed by atoms with Crippen LogP contribution in [0, 0.1) is 6.92 Å². The van der Waals surface area contributed by atoms with Gasteiger partial charge < -0.3 is 9.73 Å². The molecule has 2 heterocycles. The lowest BCUT2D eigenvalue weighted by molar-refractivity contribution is -0.118. The molecular formula is C16H15N3O2S2. The van der Waals surface area contributed by atoms with Crippen LogP contribution in [-0.4, -0.2) is 21.9 Å². The summed E-state index contributed by atoms with van der Waals surface area (Å²) in [6.07, 6.45) is 0. The van der Waals surface area contributed by atoms with Crippen LogP contribution in [0.1, 0.15) is 10.4 Å². The zero-order chi connectivity index (χ0) is 16.1. The summed E-state index contributed by atoms with van der Waals surface area (Å²) in [6, 6.07) is 11.8. The third-order valence-electron chi connectivity index (χ3n) is 3.15. The second-order valence-electron chi connectivity index (χ2n) is 4.83. The number of rotatable bonds is 6. The lowest BCUT2D eigenvalue weighted by Gasteiger charge is -2.01. The summed E-state index contributed by atoms with van der Waals surface area (Å²) < 4.78 is 5.61. The standard InChI is InChI=1S/C16H15N3O2S2/c1-11-5-2-3-7-13(11)15-18-19-16(21-15)23-10-14(20)17-9-12-6-4-8-22-12/h2-8H,9-10H2,1H3,(H,17,20). The smallest absolute Gasteiger partial charge is 0.277 e. The van der Waals surface area contributed by atoms with E-state index < -0.39 is 0 Å². The fourth-order valence-electron chi connectivity index (χ4n) is 1.97. The molecule has 118 valence electrons. The van der Waals surface area contributed by atoms with Crippen LogP contribution in [0.4, 0.5) is 0 Å². The van der Waals surface area contributed by atoms with Crippen LogP contribution >= 0.6 is 23.1 Å². The number of benzene rings is 1. The average Bonchev–Trinajstić information content (AvgIpc) is 3.23. The van der Waals surface area contributed by atoms with E-state index in [9.17, 15) is 4.79 Å². The molecule has 23 heavy (non-hydrogen) atoms. The molecule has 0 fully saturated rings. The number of thiophene rings is 1. The van der Waals surface area contributed by atoms with Crippen molar-refractivity contribution in [3.63, 3.8) is 0 Å². The third-order valence-corrected chi connectivity index (χ3v) is 4.84. The molecule has 1 aromatic carbocycles. The molecule has 0 aliphatic heterocycles. The highest BCUT2D eigenvalue weighted by Crippen LogP contribution is 2.25. The van der Waals surface area contributed by atoms with Crippen LogP contribution in [0.25, 0.3) is 11.5 Å². The van der Waals surface area contributed by atoms with Crippen LogP contribution in [0.2, 0.25) is 0 Å². The molecule has 3 rings (SSSR count). The molecule has 0 atom stereocenters. The molecule has 0 aliphatic carbocycles. The van der Waals surface area contributed by atoms with Crippen LogP contribution in [-0.2, 0) is 11.3 Å². The fraction of sp³-hybridized carbons (Fsp3) is 0.188. The number of aryl methyl sites for hydroxylation is 1. The molecule has 3 aromatic rings. The van der Waals surface area contributed by atoms with Crippen LogP contribution in [0.5, 0.6) is 0 Å². The number of carbonyl (C=O) groups excluding carboxylic acids is 1. The summed E-state index contributed by atoms with van der Waals surface area (Å²) in [7, 11) is 0. The van der Waals surface area contributed by atoms with Crippen molar-refractivity contribution in [2.45, 2.75) is 18.7 Å². The van der Waals surface area contributed by atoms with Crippen LogP contribution in [0.3, 0.4) is 0 Å². The number of aromatic nitrogens is 2. The SMILES string of the molecule is Cc1ccccc1-c1nnc(SCC(=O)NCc2cccs2)o1. The minimum absolute atomic E-state index is 0.0564. The number of thioether (sulfide) groups is 1. The predicted molar refractivity (Wildman–Crippen MR) is 91.4 cm³/mol. The Morgan fingerprint density at radius 1 is 1.26 bits per heavy atom. The lowest BCUT2D eigenvalue weighted by atomic mass is 10.1. The fourth-order valence-corrected chi connectivity index (χ4v) is 3.20. The molecule has 0 bridgehead atoms. The van der Waals surface area contributed by atoms with Crippen molar-refractivity contribution in [3.05, 3.63) is 52.2 Å². The molecule has 1 N–H and O–H groups in total. The predicted octanol–water partition coefficient (Wildman–Crippen LogP) is 3.52. The Bertz CT molecular complexity index is 784. The Morgan fingerprint density at radius 3 is 2.91 bits per heavy atom. The maximum atomic E-state index is 11.8. The molecule has 0 saturated carbocycles. The van der Waals surface area contributed by atoms with Gasteiger partial charge in [-0.15, -0.1) is 21.5 Å². The number of carbonyl (C=O) groups is 1. The van der Waals surface area contributed by atoms with Gasteiger partial charge in [0, 0.05) is 10.4 Å². The quantitative estimate of drug-likeness (QED) is 0.692. The van der Waals surface area contributed by atoms with Gasteiger partial charge in [-0.05, 0) is 30.0 Å². The maximum Gasteiger partial charge on any atom is 0.277 e. The van der Waals surface area contributed by atoms with E-state index in [1.54, 1.807) is 11.3 Å². The first-order valence-corrected chi connectivity index (χ1v) is 8.90. The Kier molecular flexibility index (Phi) is 5.09. The molecule has 1 amide bonds. The monoisotopic (exact) mass is 345 g/mol. The van der Waals surface area contributed by atoms with Crippen molar-refractivity contribution in [2.24, 2.45) is 0 Å². The number of amides is 1. The van der Waals surface area contributed by atoms with Gasteiger partial charge in [0.15, 0.2) is 0 Å². The summed E-state index contributed by atoms with van der Waals surface area (Å²) in [6.45, 7) is 2.54. The van der Waals surface area contributed by atoms with Crippen molar-refractivity contribution in [1.29, 1.82) is 0 Å². The summed E-state index contributed by atoms with van der Waals surface area (Å²) in [5.74, 6) is 0.671. The first kappa shape index (κ1) is 15.8. The number of hydrogen-bond acceptors (Lipinski definition) is 6. The number of nitrogens with one attached hydrogen (secondary N) is 1. The molecular weight excluding hydrogens is 330 g/mol. The van der Waals surface area contributed by atoms with Gasteiger partial charge in [0.1, 0.15) is 0 Å². The zero-order valence-corrected chi connectivity index (χ0v) is 14.1. The van der Waals surface area contributed by atoms with Crippen molar-refractivity contribution in [1.82, 2.24) is 15.5 Å². The summed E-state index contributed by atoms with van der Waals surface area (Å²) >= 11 is 2.86. The zero-order valence-electron chi connectivity index (χ0n) is 12.5. The highest BCUT2D eigenvalue weighted by molar-refractivity contribution is 7.99.